The second-order valence-corrected chi connectivity index (χ2v) is 0.874. The van der Waals surface area contributed by atoms with Gasteiger partial charge >= 0.3 is 0 Å². The normalized spacial score (nSPS) is 4.80. The maximum absolute atomic E-state index is 4.62. The molecule has 0 aliphatic heterocycles. The van der Waals surface area contributed by atoms with Crippen molar-refractivity contribution in [2.24, 2.45) is 11.5 Å². The van der Waals surface area contributed by atoms with Crippen LogP contribution in [0.15, 0.2) is 0 Å². The Morgan fingerprint density at radius 3 is 1.40 bits per heavy atom. The van der Waals surface area contributed by atoms with E-state index in [0.29, 0.717) is 0 Å². The summed E-state index contributed by atoms with van der Waals surface area (Å²) in [4.78, 5) is 0. The number of hydrogen-bond acceptors (Lipinski definition) is 1. The SMILES string of the molecule is NC(N)=S.[Zr]. The predicted octanol–water partition coefficient (Wildman–Crippen LogP) is -0.814. The van der Waals surface area contributed by atoms with Gasteiger partial charge in [-0.2, -0.15) is 0 Å². The van der Waals surface area contributed by atoms with Crippen LogP contribution in [0.25, 0.3) is 0 Å². The molecule has 0 aromatic carbocycles. The van der Waals surface area contributed by atoms with E-state index < -0.39 is 0 Å². The van der Waals surface area contributed by atoms with Gasteiger partial charge < -0.3 is 11.5 Å². The molecule has 28 valence electrons. The van der Waals surface area contributed by atoms with Crippen molar-refractivity contribution in [3.63, 3.8) is 0 Å². The molecule has 0 aromatic rings. The first kappa shape index (κ1) is 9.13. The molecule has 0 bridgehead atoms. The molecule has 2 nitrogen and oxygen atoms in total. The van der Waals surface area contributed by atoms with Crippen LogP contribution in [-0.4, -0.2) is 5.11 Å². The molecular weight excluding hydrogens is 163 g/mol. The minimum Gasteiger partial charge on any atom is -0.377 e. The average molecular weight is 167 g/mol. The molecule has 0 atom stereocenters. The Bertz CT molecular complexity index is 32.6. The second kappa shape index (κ2) is 4.57. The smallest absolute Gasteiger partial charge is 0.160 e. The molecule has 0 aliphatic carbocycles. The summed E-state index contributed by atoms with van der Waals surface area (Å²) in [6, 6.07) is 0. The topological polar surface area (TPSA) is 52.0 Å². The van der Waals surface area contributed by atoms with Crippen molar-refractivity contribution in [1.82, 2.24) is 0 Å². The molecule has 5 heavy (non-hydrogen) atoms. The Morgan fingerprint density at radius 2 is 1.40 bits per heavy atom. The third-order valence-electron chi connectivity index (χ3n) is 0. The van der Waals surface area contributed by atoms with Gasteiger partial charge in [-0.25, -0.2) is 0 Å². The first-order valence-electron chi connectivity index (χ1n) is 0.781. The Balaban J connectivity index is 0. The molecule has 0 aliphatic rings. The fraction of sp³-hybridized carbons (Fsp3) is 0. The van der Waals surface area contributed by atoms with Gasteiger partial charge in [0, 0.05) is 26.2 Å². The molecule has 0 aromatic heterocycles. The number of rotatable bonds is 0. The summed E-state index contributed by atoms with van der Waals surface area (Å²) in [5.41, 5.74) is 9.24. The van der Waals surface area contributed by atoms with Crippen molar-refractivity contribution in [3.05, 3.63) is 0 Å². The van der Waals surface area contributed by atoms with Gasteiger partial charge in [0.2, 0.25) is 0 Å². The van der Waals surface area contributed by atoms with E-state index in [2.05, 4.69) is 23.7 Å². The van der Waals surface area contributed by atoms with Crippen LogP contribution in [0.4, 0.5) is 0 Å². The Labute approximate surface area is 55.0 Å². The Hall–Kier alpha value is 0.573. The maximum atomic E-state index is 4.62. The standard InChI is InChI=1S/CH4N2S.Zr/c2-1(3)4;/h(H4,2,3,4);. The third-order valence-corrected chi connectivity index (χ3v) is 0. The monoisotopic (exact) mass is 166 g/mol. The van der Waals surface area contributed by atoms with E-state index in [1.807, 2.05) is 0 Å². The van der Waals surface area contributed by atoms with Crippen LogP contribution < -0.4 is 11.5 Å². The van der Waals surface area contributed by atoms with E-state index in [-0.39, 0.29) is 31.3 Å². The van der Waals surface area contributed by atoms with Gasteiger partial charge in [0.25, 0.3) is 0 Å². The second-order valence-electron chi connectivity index (χ2n) is 0.402. The quantitative estimate of drug-likeness (QED) is 0.464. The summed E-state index contributed by atoms with van der Waals surface area (Å²) in [6.45, 7) is 0. The molecule has 0 rings (SSSR count). The molecule has 0 fully saturated rings. The average Bonchev–Trinajstić information content (AvgIpc) is 0.811. The summed E-state index contributed by atoms with van der Waals surface area (Å²) in [7, 11) is 0. The molecule has 0 saturated heterocycles. The number of nitrogens with two attached hydrogens (primary N) is 2. The van der Waals surface area contributed by atoms with Gasteiger partial charge in [-0.05, 0) is 12.2 Å². The zero-order valence-electron chi connectivity index (χ0n) is 2.56. The van der Waals surface area contributed by atoms with Crippen LogP contribution in [0.5, 0.6) is 0 Å². The molecule has 4 N–H and O–H groups in total. The van der Waals surface area contributed by atoms with Crippen molar-refractivity contribution >= 4 is 17.3 Å². The van der Waals surface area contributed by atoms with E-state index in [9.17, 15) is 0 Å². The van der Waals surface area contributed by atoms with Crippen LogP contribution in [0, 0.1) is 0 Å². The van der Waals surface area contributed by atoms with Crippen LogP contribution in [0.2, 0.25) is 0 Å². The van der Waals surface area contributed by atoms with Gasteiger partial charge in [0.15, 0.2) is 5.11 Å². The van der Waals surface area contributed by atoms with E-state index in [1.54, 1.807) is 0 Å². The van der Waals surface area contributed by atoms with Gasteiger partial charge in [-0.3, -0.25) is 0 Å². The number of hydrogen-bond donors (Lipinski definition) is 2. The maximum Gasteiger partial charge on any atom is 0.160 e. The first-order chi connectivity index (χ1) is 1.73. The minimum atomic E-state index is 0. The van der Waals surface area contributed by atoms with Crippen molar-refractivity contribution in [2.45, 2.75) is 0 Å². The molecule has 0 spiro atoms. The molecule has 0 heterocycles. The molecule has 0 saturated carbocycles. The van der Waals surface area contributed by atoms with Crippen molar-refractivity contribution in [2.75, 3.05) is 0 Å². The van der Waals surface area contributed by atoms with Crippen molar-refractivity contribution < 1.29 is 26.2 Å². The zero-order chi connectivity index (χ0) is 3.58. The predicted molar refractivity (Wildman–Crippen MR) is 21.0 cm³/mol. The summed E-state index contributed by atoms with van der Waals surface area (Å²) >= 11 is 4.09. The first-order valence-corrected chi connectivity index (χ1v) is 1.19. The largest absolute Gasteiger partial charge is 0.377 e. The van der Waals surface area contributed by atoms with E-state index >= 15 is 0 Å². The van der Waals surface area contributed by atoms with Crippen LogP contribution >= 0.6 is 12.2 Å². The van der Waals surface area contributed by atoms with E-state index in [1.165, 1.54) is 0 Å². The molecular formula is CH4N2SZr. The molecule has 0 amide bonds. The Morgan fingerprint density at radius 1 is 1.40 bits per heavy atom. The summed E-state index contributed by atoms with van der Waals surface area (Å²) in [5, 5.41) is 0.000000000000000222. The van der Waals surface area contributed by atoms with Crippen LogP contribution in [-0.2, 0) is 26.2 Å². The fourth-order valence-corrected chi connectivity index (χ4v) is 0. The van der Waals surface area contributed by atoms with Crippen molar-refractivity contribution in [1.29, 1.82) is 0 Å². The molecule has 0 unspecified atom stereocenters. The summed E-state index contributed by atoms with van der Waals surface area (Å²) in [6.07, 6.45) is 0. The third kappa shape index (κ3) is 92.2. The van der Waals surface area contributed by atoms with Crippen LogP contribution in [0.3, 0.4) is 0 Å². The van der Waals surface area contributed by atoms with Gasteiger partial charge in [-0.1, -0.05) is 0 Å². The summed E-state index contributed by atoms with van der Waals surface area (Å²) < 4.78 is 0. The molecule has 0 radical (unpaired) electrons. The zero-order valence-corrected chi connectivity index (χ0v) is 5.84. The van der Waals surface area contributed by atoms with Gasteiger partial charge in [0.1, 0.15) is 0 Å². The van der Waals surface area contributed by atoms with E-state index in [0.717, 1.165) is 0 Å². The van der Waals surface area contributed by atoms with Gasteiger partial charge in [-0.15, -0.1) is 0 Å². The van der Waals surface area contributed by atoms with Gasteiger partial charge in [0.05, 0.1) is 0 Å². The summed E-state index contributed by atoms with van der Waals surface area (Å²) in [5.74, 6) is 0. The minimum absolute atomic E-state index is 0. The Kier molecular flexibility index (Phi) is 8.35. The van der Waals surface area contributed by atoms with E-state index in [4.69, 9.17) is 0 Å². The molecule has 4 heteroatoms. The van der Waals surface area contributed by atoms with Crippen LogP contribution in [0.1, 0.15) is 0 Å². The van der Waals surface area contributed by atoms with Crippen molar-refractivity contribution in [3.8, 4) is 0 Å². The fourth-order valence-electron chi connectivity index (χ4n) is 0. The number of thiocarbonyl (C=S) groups is 1.